The number of nitrogens with zero attached hydrogens (tertiary/aromatic N) is 1. The van der Waals surface area contributed by atoms with Gasteiger partial charge in [0.15, 0.2) is 0 Å². The predicted molar refractivity (Wildman–Crippen MR) is 71.8 cm³/mol. The molecule has 1 aliphatic heterocycles. The second-order valence-electron chi connectivity index (χ2n) is 6.15. The fraction of sp³-hybridized carbons (Fsp3) is 0.625. The molecule has 2 fully saturated rings. The fourth-order valence-corrected chi connectivity index (χ4v) is 3.92. The number of benzene rings is 1. The third-order valence-corrected chi connectivity index (χ3v) is 4.78. The molecule has 0 amide bonds. The van der Waals surface area contributed by atoms with Gasteiger partial charge in [0, 0.05) is 19.1 Å². The van der Waals surface area contributed by atoms with Gasteiger partial charge in [-0.15, -0.1) is 0 Å². The number of hydrogen-bond acceptors (Lipinski definition) is 1. The Bertz CT molecular complexity index is 364. The Labute approximate surface area is 105 Å². The van der Waals surface area contributed by atoms with E-state index in [-0.39, 0.29) is 0 Å². The van der Waals surface area contributed by atoms with E-state index >= 15 is 0 Å². The van der Waals surface area contributed by atoms with Crippen molar-refractivity contribution in [2.24, 2.45) is 5.41 Å². The van der Waals surface area contributed by atoms with E-state index in [1.807, 2.05) is 0 Å². The fourth-order valence-electron chi connectivity index (χ4n) is 3.92. The first kappa shape index (κ1) is 11.3. The summed E-state index contributed by atoms with van der Waals surface area (Å²) in [5.41, 5.74) is 2.16. The average molecular weight is 229 g/mol. The number of hydrogen-bond donors (Lipinski definition) is 0. The molecule has 1 heterocycles. The minimum atomic E-state index is 0.689. The van der Waals surface area contributed by atoms with Crippen LogP contribution >= 0.6 is 0 Å². The average Bonchev–Trinajstić information content (AvgIpc) is 2.89. The van der Waals surface area contributed by atoms with Crippen molar-refractivity contribution in [3.8, 4) is 0 Å². The van der Waals surface area contributed by atoms with E-state index in [9.17, 15) is 0 Å². The Balaban J connectivity index is 1.68. The number of rotatable bonds is 2. The molecular weight excluding hydrogens is 206 g/mol. The van der Waals surface area contributed by atoms with Crippen molar-refractivity contribution >= 4 is 0 Å². The topological polar surface area (TPSA) is 3.24 Å². The molecule has 0 aromatic heterocycles. The molecule has 1 saturated heterocycles. The van der Waals surface area contributed by atoms with Gasteiger partial charge in [-0.3, -0.25) is 4.90 Å². The van der Waals surface area contributed by atoms with E-state index in [4.69, 9.17) is 0 Å². The summed E-state index contributed by atoms with van der Waals surface area (Å²) in [4.78, 5) is 2.70. The van der Waals surface area contributed by atoms with Crippen LogP contribution in [0.3, 0.4) is 0 Å². The third-order valence-electron chi connectivity index (χ3n) is 4.78. The monoisotopic (exact) mass is 229 g/mol. The molecule has 1 nitrogen and oxygen atoms in total. The van der Waals surface area contributed by atoms with Gasteiger partial charge in [-0.05, 0) is 37.2 Å². The Kier molecular flexibility index (Phi) is 2.96. The van der Waals surface area contributed by atoms with Gasteiger partial charge in [-0.25, -0.2) is 0 Å². The van der Waals surface area contributed by atoms with Crippen molar-refractivity contribution in [3.63, 3.8) is 0 Å². The third kappa shape index (κ3) is 2.26. The zero-order valence-corrected chi connectivity index (χ0v) is 10.9. The standard InChI is InChI=1S/C16H23N/c1-14-11-16(9-5-6-10-16)13-17(14)12-15-7-3-2-4-8-15/h2-4,7-8,14H,5-6,9-13H2,1H3. The largest absolute Gasteiger partial charge is 0.296 e. The highest BCUT2D eigenvalue weighted by molar-refractivity contribution is 5.15. The minimum absolute atomic E-state index is 0.689. The lowest BCUT2D eigenvalue weighted by Gasteiger charge is -2.24. The smallest absolute Gasteiger partial charge is 0.0236 e. The SMILES string of the molecule is CC1CC2(CCCC2)CN1Cc1ccccc1. The van der Waals surface area contributed by atoms with Gasteiger partial charge in [0.1, 0.15) is 0 Å². The summed E-state index contributed by atoms with van der Waals surface area (Å²) in [6.45, 7) is 4.89. The second-order valence-corrected chi connectivity index (χ2v) is 6.15. The quantitative estimate of drug-likeness (QED) is 0.744. The van der Waals surface area contributed by atoms with Gasteiger partial charge in [-0.1, -0.05) is 43.2 Å². The molecule has 17 heavy (non-hydrogen) atoms. The molecule has 92 valence electrons. The van der Waals surface area contributed by atoms with Gasteiger partial charge in [0.05, 0.1) is 0 Å². The molecule has 1 aromatic rings. The predicted octanol–water partition coefficient (Wildman–Crippen LogP) is 3.84. The lowest BCUT2D eigenvalue weighted by molar-refractivity contribution is 0.232. The van der Waals surface area contributed by atoms with Crippen molar-refractivity contribution in [2.45, 2.75) is 51.6 Å². The summed E-state index contributed by atoms with van der Waals surface area (Å²) in [6.07, 6.45) is 7.31. The molecule has 2 aliphatic rings. The normalized spacial score (nSPS) is 27.9. The Hall–Kier alpha value is -0.820. The summed E-state index contributed by atoms with van der Waals surface area (Å²) in [5, 5.41) is 0. The summed E-state index contributed by atoms with van der Waals surface area (Å²) >= 11 is 0. The second kappa shape index (κ2) is 4.45. The maximum absolute atomic E-state index is 2.70. The molecule has 1 saturated carbocycles. The highest BCUT2D eigenvalue weighted by atomic mass is 15.2. The molecule has 1 spiro atoms. The Morgan fingerprint density at radius 2 is 1.88 bits per heavy atom. The Morgan fingerprint density at radius 1 is 1.18 bits per heavy atom. The van der Waals surface area contributed by atoms with E-state index in [1.165, 1.54) is 44.2 Å². The van der Waals surface area contributed by atoms with Crippen molar-refractivity contribution in [2.75, 3.05) is 6.54 Å². The lowest BCUT2D eigenvalue weighted by Crippen LogP contribution is -2.28. The zero-order chi connectivity index (χ0) is 11.7. The molecule has 0 radical (unpaired) electrons. The minimum Gasteiger partial charge on any atom is -0.296 e. The maximum Gasteiger partial charge on any atom is 0.0236 e. The van der Waals surface area contributed by atoms with Crippen LogP contribution in [-0.2, 0) is 6.54 Å². The molecule has 1 aliphatic carbocycles. The Morgan fingerprint density at radius 3 is 2.59 bits per heavy atom. The van der Waals surface area contributed by atoms with E-state index in [0.29, 0.717) is 5.41 Å². The van der Waals surface area contributed by atoms with Gasteiger partial charge >= 0.3 is 0 Å². The van der Waals surface area contributed by atoms with Crippen molar-refractivity contribution in [1.82, 2.24) is 4.90 Å². The molecule has 1 heteroatoms. The van der Waals surface area contributed by atoms with Crippen molar-refractivity contribution in [1.29, 1.82) is 0 Å². The maximum atomic E-state index is 2.70. The van der Waals surface area contributed by atoms with Crippen LogP contribution in [0.2, 0.25) is 0 Å². The molecule has 1 aromatic carbocycles. The summed E-state index contributed by atoms with van der Waals surface area (Å²) in [6, 6.07) is 11.7. The first-order valence-corrected chi connectivity index (χ1v) is 7.05. The summed E-state index contributed by atoms with van der Waals surface area (Å²) in [5.74, 6) is 0. The first-order valence-electron chi connectivity index (χ1n) is 7.05. The molecule has 3 rings (SSSR count). The highest BCUT2D eigenvalue weighted by Gasteiger charge is 2.43. The van der Waals surface area contributed by atoms with E-state index in [1.54, 1.807) is 0 Å². The molecule has 0 bridgehead atoms. The van der Waals surface area contributed by atoms with Gasteiger partial charge < -0.3 is 0 Å². The van der Waals surface area contributed by atoms with Crippen molar-refractivity contribution < 1.29 is 0 Å². The van der Waals surface area contributed by atoms with Gasteiger partial charge in [-0.2, -0.15) is 0 Å². The lowest BCUT2D eigenvalue weighted by atomic mass is 9.84. The van der Waals surface area contributed by atoms with Crippen LogP contribution in [0.4, 0.5) is 0 Å². The molecule has 1 unspecified atom stereocenters. The summed E-state index contributed by atoms with van der Waals surface area (Å²) in [7, 11) is 0. The van der Waals surface area contributed by atoms with Crippen LogP contribution in [0.1, 0.15) is 44.6 Å². The first-order chi connectivity index (χ1) is 8.27. The molecule has 0 N–H and O–H groups in total. The van der Waals surface area contributed by atoms with Crippen LogP contribution in [0.5, 0.6) is 0 Å². The van der Waals surface area contributed by atoms with Crippen LogP contribution in [0.15, 0.2) is 30.3 Å². The van der Waals surface area contributed by atoms with Crippen LogP contribution in [-0.4, -0.2) is 17.5 Å². The van der Waals surface area contributed by atoms with Gasteiger partial charge in [0.2, 0.25) is 0 Å². The van der Waals surface area contributed by atoms with Gasteiger partial charge in [0.25, 0.3) is 0 Å². The van der Waals surface area contributed by atoms with Crippen LogP contribution in [0, 0.1) is 5.41 Å². The van der Waals surface area contributed by atoms with E-state index in [2.05, 4.69) is 42.2 Å². The van der Waals surface area contributed by atoms with E-state index < -0.39 is 0 Å². The summed E-state index contributed by atoms with van der Waals surface area (Å²) < 4.78 is 0. The van der Waals surface area contributed by atoms with E-state index in [0.717, 1.165) is 12.6 Å². The molecular formula is C16H23N. The number of likely N-dealkylation sites (tertiary alicyclic amines) is 1. The zero-order valence-electron chi connectivity index (χ0n) is 10.9. The van der Waals surface area contributed by atoms with Crippen LogP contribution < -0.4 is 0 Å². The van der Waals surface area contributed by atoms with Crippen LogP contribution in [0.25, 0.3) is 0 Å². The van der Waals surface area contributed by atoms with Crippen molar-refractivity contribution in [3.05, 3.63) is 35.9 Å². The molecule has 1 atom stereocenters. The highest BCUT2D eigenvalue weighted by Crippen LogP contribution is 2.47.